The average molecular weight is 356 g/mol. The van der Waals surface area contributed by atoms with Gasteiger partial charge < -0.3 is 10.2 Å². The van der Waals surface area contributed by atoms with E-state index >= 15 is 0 Å². The van der Waals surface area contributed by atoms with Crippen molar-refractivity contribution in [1.82, 2.24) is 10.2 Å². The lowest BCUT2D eigenvalue weighted by atomic mass is 9.90. The Hall–Kier alpha value is -2.14. The summed E-state index contributed by atoms with van der Waals surface area (Å²) in [4.78, 5) is 27.1. The van der Waals surface area contributed by atoms with Crippen LogP contribution in [0.5, 0.6) is 0 Å². The molecule has 1 N–H and O–H groups in total. The molecule has 3 rings (SSSR count). The van der Waals surface area contributed by atoms with Gasteiger partial charge in [0.15, 0.2) is 0 Å². The standard InChI is InChI=1S/C20H24N2O2S/c23-19(14-18-7-4-12-25-18)21-15-20(24)22-10-8-17(9-11-22)13-16-5-2-1-3-6-16/h1-7,12,17H,8-11,13-15H2,(H,21,23). The highest BCUT2D eigenvalue weighted by atomic mass is 32.1. The summed E-state index contributed by atoms with van der Waals surface area (Å²) in [7, 11) is 0. The molecule has 1 aliphatic rings. The molecule has 1 saturated heterocycles. The third-order valence-corrected chi connectivity index (χ3v) is 5.56. The lowest BCUT2D eigenvalue weighted by molar-refractivity contribution is -0.133. The van der Waals surface area contributed by atoms with Crippen LogP contribution in [0.2, 0.25) is 0 Å². The number of thiophene rings is 1. The molecule has 1 aromatic heterocycles. The summed E-state index contributed by atoms with van der Waals surface area (Å²) in [6.45, 7) is 1.68. The minimum absolute atomic E-state index is 0.0256. The van der Waals surface area contributed by atoms with E-state index in [0.29, 0.717) is 12.3 Å². The Kier molecular flexibility index (Phi) is 6.23. The van der Waals surface area contributed by atoms with Crippen LogP contribution in [-0.4, -0.2) is 36.3 Å². The summed E-state index contributed by atoms with van der Waals surface area (Å²) < 4.78 is 0. The fraction of sp³-hybridized carbons (Fsp3) is 0.400. The van der Waals surface area contributed by atoms with Crippen LogP contribution in [0.15, 0.2) is 47.8 Å². The van der Waals surface area contributed by atoms with E-state index in [1.165, 1.54) is 5.56 Å². The van der Waals surface area contributed by atoms with Crippen LogP contribution in [0, 0.1) is 5.92 Å². The summed E-state index contributed by atoms with van der Waals surface area (Å²) in [6, 6.07) is 14.4. The third kappa shape index (κ3) is 5.43. The van der Waals surface area contributed by atoms with Gasteiger partial charge in [-0.3, -0.25) is 9.59 Å². The van der Waals surface area contributed by atoms with Crippen molar-refractivity contribution in [2.24, 2.45) is 5.92 Å². The maximum absolute atomic E-state index is 12.3. The van der Waals surface area contributed by atoms with Crippen molar-refractivity contribution in [3.05, 3.63) is 58.3 Å². The van der Waals surface area contributed by atoms with Crippen LogP contribution in [-0.2, 0) is 22.4 Å². The van der Waals surface area contributed by atoms with E-state index in [0.717, 1.165) is 37.2 Å². The number of hydrogen-bond donors (Lipinski definition) is 1. The van der Waals surface area contributed by atoms with Gasteiger partial charge in [0.25, 0.3) is 0 Å². The Bertz CT molecular complexity index is 677. The monoisotopic (exact) mass is 356 g/mol. The predicted molar refractivity (Wildman–Crippen MR) is 100 cm³/mol. The maximum Gasteiger partial charge on any atom is 0.241 e. The molecule has 132 valence electrons. The van der Waals surface area contributed by atoms with Gasteiger partial charge in [-0.25, -0.2) is 0 Å². The molecule has 25 heavy (non-hydrogen) atoms. The zero-order chi connectivity index (χ0) is 17.5. The van der Waals surface area contributed by atoms with E-state index < -0.39 is 0 Å². The Balaban J connectivity index is 1.37. The molecule has 5 heteroatoms. The number of nitrogens with one attached hydrogen (secondary N) is 1. The second-order valence-corrected chi connectivity index (χ2v) is 7.58. The molecule has 1 aliphatic heterocycles. The smallest absolute Gasteiger partial charge is 0.241 e. The van der Waals surface area contributed by atoms with Crippen LogP contribution in [0.1, 0.15) is 23.3 Å². The van der Waals surface area contributed by atoms with Crippen molar-refractivity contribution in [1.29, 1.82) is 0 Å². The Morgan fingerprint density at radius 2 is 1.84 bits per heavy atom. The number of likely N-dealkylation sites (tertiary alicyclic amines) is 1. The molecule has 2 aromatic rings. The van der Waals surface area contributed by atoms with Gasteiger partial charge in [-0.2, -0.15) is 0 Å². The van der Waals surface area contributed by atoms with Crippen molar-refractivity contribution in [3.8, 4) is 0 Å². The third-order valence-electron chi connectivity index (χ3n) is 4.69. The predicted octanol–water partition coefficient (Wildman–Crippen LogP) is 2.89. The van der Waals surface area contributed by atoms with E-state index in [1.807, 2.05) is 28.5 Å². The topological polar surface area (TPSA) is 49.4 Å². The van der Waals surface area contributed by atoms with Crippen LogP contribution in [0.25, 0.3) is 0 Å². The molecule has 0 atom stereocenters. The van der Waals surface area contributed by atoms with Crippen molar-refractivity contribution < 1.29 is 9.59 Å². The van der Waals surface area contributed by atoms with E-state index in [2.05, 4.69) is 29.6 Å². The van der Waals surface area contributed by atoms with Gasteiger partial charge in [-0.05, 0) is 42.2 Å². The molecule has 1 fully saturated rings. The summed E-state index contributed by atoms with van der Waals surface area (Å²) >= 11 is 1.56. The number of benzene rings is 1. The quantitative estimate of drug-likeness (QED) is 0.865. The molecule has 2 amide bonds. The van der Waals surface area contributed by atoms with E-state index in [1.54, 1.807) is 11.3 Å². The summed E-state index contributed by atoms with van der Waals surface area (Å²) in [5.41, 5.74) is 1.37. The first kappa shape index (κ1) is 17.7. The lowest BCUT2D eigenvalue weighted by Crippen LogP contribution is -2.44. The average Bonchev–Trinajstić information content (AvgIpc) is 3.14. The summed E-state index contributed by atoms with van der Waals surface area (Å²) in [6.07, 6.45) is 3.50. The molecule has 0 aliphatic carbocycles. The fourth-order valence-corrected chi connectivity index (χ4v) is 3.96. The number of rotatable bonds is 6. The highest BCUT2D eigenvalue weighted by molar-refractivity contribution is 7.10. The van der Waals surface area contributed by atoms with Crippen molar-refractivity contribution >= 4 is 23.2 Å². The van der Waals surface area contributed by atoms with Gasteiger partial charge in [0, 0.05) is 18.0 Å². The van der Waals surface area contributed by atoms with Gasteiger partial charge in [-0.1, -0.05) is 36.4 Å². The number of hydrogen-bond acceptors (Lipinski definition) is 3. The van der Waals surface area contributed by atoms with Gasteiger partial charge in [0.05, 0.1) is 13.0 Å². The lowest BCUT2D eigenvalue weighted by Gasteiger charge is -2.32. The van der Waals surface area contributed by atoms with Crippen LogP contribution in [0.3, 0.4) is 0 Å². The van der Waals surface area contributed by atoms with E-state index in [-0.39, 0.29) is 18.4 Å². The molecule has 0 bridgehead atoms. The Labute approximate surface area is 152 Å². The first-order valence-corrected chi connectivity index (χ1v) is 9.69. The maximum atomic E-state index is 12.3. The molecular formula is C20H24N2O2S. The molecular weight excluding hydrogens is 332 g/mol. The van der Waals surface area contributed by atoms with Gasteiger partial charge in [0.2, 0.25) is 11.8 Å². The number of nitrogens with zero attached hydrogens (tertiary/aromatic N) is 1. The van der Waals surface area contributed by atoms with Gasteiger partial charge in [-0.15, -0.1) is 11.3 Å². The molecule has 0 radical (unpaired) electrons. The molecule has 1 aromatic carbocycles. The molecule has 2 heterocycles. The van der Waals surface area contributed by atoms with Crippen LogP contribution < -0.4 is 5.32 Å². The Morgan fingerprint density at radius 3 is 2.52 bits per heavy atom. The van der Waals surface area contributed by atoms with E-state index in [4.69, 9.17) is 0 Å². The van der Waals surface area contributed by atoms with Gasteiger partial charge >= 0.3 is 0 Å². The van der Waals surface area contributed by atoms with E-state index in [9.17, 15) is 9.59 Å². The normalized spacial score (nSPS) is 15.1. The largest absolute Gasteiger partial charge is 0.347 e. The second kappa shape index (κ2) is 8.81. The van der Waals surface area contributed by atoms with Crippen LogP contribution >= 0.6 is 11.3 Å². The SMILES string of the molecule is O=C(Cc1cccs1)NCC(=O)N1CCC(Cc2ccccc2)CC1. The highest BCUT2D eigenvalue weighted by Gasteiger charge is 2.23. The zero-order valence-electron chi connectivity index (χ0n) is 14.3. The molecule has 0 unspecified atom stereocenters. The molecule has 4 nitrogen and oxygen atoms in total. The summed E-state index contributed by atoms with van der Waals surface area (Å²) in [5, 5.41) is 4.70. The van der Waals surface area contributed by atoms with Crippen molar-refractivity contribution in [3.63, 3.8) is 0 Å². The first-order chi connectivity index (χ1) is 12.2. The fourth-order valence-electron chi connectivity index (χ4n) is 3.25. The molecule has 0 saturated carbocycles. The zero-order valence-corrected chi connectivity index (χ0v) is 15.1. The van der Waals surface area contributed by atoms with Crippen molar-refractivity contribution in [2.75, 3.05) is 19.6 Å². The van der Waals surface area contributed by atoms with Crippen LogP contribution in [0.4, 0.5) is 0 Å². The first-order valence-electron chi connectivity index (χ1n) is 8.81. The number of carbonyl (C=O) groups excluding carboxylic acids is 2. The second-order valence-electron chi connectivity index (χ2n) is 6.55. The van der Waals surface area contributed by atoms with Crippen molar-refractivity contribution in [2.45, 2.75) is 25.7 Å². The Morgan fingerprint density at radius 1 is 1.08 bits per heavy atom. The minimum Gasteiger partial charge on any atom is -0.347 e. The highest BCUT2D eigenvalue weighted by Crippen LogP contribution is 2.21. The number of piperidine rings is 1. The minimum atomic E-state index is -0.0882. The number of amides is 2. The summed E-state index contributed by atoms with van der Waals surface area (Å²) in [5.74, 6) is 0.576. The number of carbonyl (C=O) groups is 2. The van der Waals surface area contributed by atoms with Gasteiger partial charge in [0.1, 0.15) is 0 Å². The molecule has 0 spiro atoms.